The minimum atomic E-state index is -1.10. The van der Waals surface area contributed by atoms with Gasteiger partial charge >= 0.3 is 12.1 Å². The number of nitrogens with zero attached hydrogens (tertiary/aromatic N) is 2. The fourth-order valence-electron chi connectivity index (χ4n) is 2.46. The molecule has 7 heteroatoms. The second kappa shape index (κ2) is 5.85. The highest BCUT2D eigenvalue weighted by Gasteiger charge is 2.50. The number of carboxylic acid groups (broad SMARTS) is 1. The SMILES string of the molecule is CC(C)(C)OC(=O)N1CC(C#N)(c2cc(Br)ccc2C(=O)O)C1. The first-order valence-electron chi connectivity index (χ1n) is 7.00. The van der Waals surface area contributed by atoms with E-state index in [0.717, 1.165) is 0 Å². The maximum absolute atomic E-state index is 12.0. The van der Waals surface area contributed by atoms with Crippen LogP contribution in [0.2, 0.25) is 0 Å². The summed E-state index contributed by atoms with van der Waals surface area (Å²) >= 11 is 3.30. The topological polar surface area (TPSA) is 90.6 Å². The number of benzene rings is 1. The van der Waals surface area contributed by atoms with Crippen molar-refractivity contribution < 1.29 is 19.4 Å². The third-order valence-electron chi connectivity index (χ3n) is 3.51. The fraction of sp³-hybridized carbons (Fsp3) is 0.438. The molecule has 0 saturated carbocycles. The summed E-state index contributed by atoms with van der Waals surface area (Å²) in [6.45, 7) is 5.50. The Bertz CT molecular complexity index is 697. The average molecular weight is 381 g/mol. The number of halogens is 1. The van der Waals surface area contributed by atoms with Crippen molar-refractivity contribution in [1.82, 2.24) is 4.90 Å². The highest BCUT2D eigenvalue weighted by Crippen LogP contribution is 2.38. The van der Waals surface area contributed by atoms with Gasteiger partial charge in [-0.25, -0.2) is 9.59 Å². The van der Waals surface area contributed by atoms with Crippen molar-refractivity contribution in [3.05, 3.63) is 33.8 Å². The van der Waals surface area contributed by atoms with E-state index in [0.29, 0.717) is 10.0 Å². The molecule has 1 saturated heterocycles. The highest BCUT2D eigenvalue weighted by atomic mass is 79.9. The predicted molar refractivity (Wildman–Crippen MR) is 86.2 cm³/mol. The van der Waals surface area contributed by atoms with Crippen LogP contribution in [0.4, 0.5) is 4.79 Å². The number of amides is 1. The van der Waals surface area contributed by atoms with Crippen LogP contribution in [0, 0.1) is 11.3 Å². The van der Waals surface area contributed by atoms with E-state index in [1.165, 1.54) is 11.0 Å². The molecule has 0 radical (unpaired) electrons. The fourth-order valence-corrected chi connectivity index (χ4v) is 2.82. The predicted octanol–water partition coefficient (Wildman–Crippen LogP) is 3.16. The molecular weight excluding hydrogens is 364 g/mol. The molecule has 122 valence electrons. The van der Waals surface area contributed by atoms with Gasteiger partial charge in [-0.3, -0.25) is 0 Å². The number of hydrogen-bond acceptors (Lipinski definition) is 4. The molecule has 1 heterocycles. The molecule has 6 nitrogen and oxygen atoms in total. The smallest absolute Gasteiger partial charge is 0.410 e. The quantitative estimate of drug-likeness (QED) is 0.850. The number of carboxylic acids is 1. The van der Waals surface area contributed by atoms with E-state index in [2.05, 4.69) is 22.0 Å². The van der Waals surface area contributed by atoms with Gasteiger partial charge in [0.1, 0.15) is 11.0 Å². The summed E-state index contributed by atoms with van der Waals surface area (Å²) in [7, 11) is 0. The average Bonchev–Trinajstić information content (AvgIpc) is 2.35. The van der Waals surface area contributed by atoms with E-state index in [-0.39, 0.29) is 18.7 Å². The second-order valence-corrected chi connectivity index (χ2v) is 7.44. The van der Waals surface area contributed by atoms with Crippen LogP contribution in [-0.2, 0) is 10.2 Å². The molecule has 0 atom stereocenters. The molecule has 0 bridgehead atoms. The van der Waals surface area contributed by atoms with Gasteiger partial charge in [-0.1, -0.05) is 15.9 Å². The van der Waals surface area contributed by atoms with Crippen molar-refractivity contribution in [1.29, 1.82) is 5.26 Å². The first-order valence-corrected chi connectivity index (χ1v) is 7.80. The molecule has 1 aromatic carbocycles. The van der Waals surface area contributed by atoms with Crippen LogP contribution in [0.25, 0.3) is 0 Å². The molecule has 0 spiro atoms. The number of carbonyl (C=O) groups excluding carboxylic acids is 1. The van der Waals surface area contributed by atoms with Crippen molar-refractivity contribution in [2.75, 3.05) is 13.1 Å². The van der Waals surface area contributed by atoms with Crippen LogP contribution < -0.4 is 0 Å². The Kier molecular flexibility index (Phi) is 4.40. The Labute approximate surface area is 142 Å². The Hall–Kier alpha value is -2.07. The van der Waals surface area contributed by atoms with Gasteiger partial charge in [0.2, 0.25) is 0 Å². The van der Waals surface area contributed by atoms with E-state index >= 15 is 0 Å². The highest BCUT2D eigenvalue weighted by molar-refractivity contribution is 9.10. The van der Waals surface area contributed by atoms with Gasteiger partial charge in [-0.05, 0) is 44.5 Å². The van der Waals surface area contributed by atoms with E-state index in [1.54, 1.807) is 32.9 Å². The third-order valence-corrected chi connectivity index (χ3v) is 4.01. The summed E-state index contributed by atoms with van der Waals surface area (Å²) in [6, 6.07) is 6.86. The van der Waals surface area contributed by atoms with Gasteiger partial charge < -0.3 is 14.7 Å². The second-order valence-electron chi connectivity index (χ2n) is 6.53. The van der Waals surface area contributed by atoms with Gasteiger partial charge in [0, 0.05) is 17.6 Å². The van der Waals surface area contributed by atoms with Crippen molar-refractivity contribution in [2.45, 2.75) is 31.8 Å². The van der Waals surface area contributed by atoms with Gasteiger partial charge in [-0.15, -0.1) is 0 Å². The molecule has 1 aliphatic heterocycles. The number of hydrogen-bond donors (Lipinski definition) is 1. The monoisotopic (exact) mass is 380 g/mol. The normalized spacial score (nSPS) is 16.2. The maximum Gasteiger partial charge on any atom is 0.410 e. The molecule has 23 heavy (non-hydrogen) atoms. The Balaban J connectivity index is 2.27. The lowest BCUT2D eigenvalue weighted by molar-refractivity contribution is -0.000557. The first kappa shape index (κ1) is 17.3. The van der Waals surface area contributed by atoms with Crippen molar-refractivity contribution in [2.24, 2.45) is 0 Å². The van der Waals surface area contributed by atoms with E-state index in [9.17, 15) is 20.0 Å². The van der Waals surface area contributed by atoms with E-state index < -0.39 is 23.1 Å². The molecule has 1 aliphatic rings. The zero-order chi connectivity index (χ0) is 17.4. The number of nitriles is 1. The number of ether oxygens (including phenoxy) is 1. The van der Waals surface area contributed by atoms with Gasteiger partial charge in [0.15, 0.2) is 0 Å². The van der Waals surface area contributed by atoms with Crippen LogP contribution in [0.1, 0.15) is 36.7 Å². The van der Waals surface area contributed by atoms with Gasteiger partial charge in [0.25, 0.3) is 0 Å². The van der Waals surface area contributed by atoms with Crippen LogP contribution in [0.15, 0.2) is 22.7 Å². The molecule has 1 aromatic rings. The lowest BCUT2D eigenvalue weighted by atomic mass is 9.73. The summed E-state index contributed by atoms with van der Waals surface area (Å²) in [6.07, 6.45) is -0.504. The number of likely N-dealkylation sites (tertiary alicyclic amines) is 1. The molecule has 0 aliphatic carbocycles. The molecule has 1 N–H and O–H groups in total. The van der Waals surface area contributed by atoms with Crippen molar-refractivity contribution in [3.8, 4) is 6.07 Å². The van der Waals surface area contributed by atoms with Crippen molar-refractivity contribution in [3.63, 3.8) is 0 Å². The summed E-state index contributed by atoms with van der Waals surface area (Å²) in [5.41, 5.74) is -1.18. The van der Waals surface area contributed by atoms with Crippen LogP contribution in [0.3, 0.4) is 0 Å². The standard InChI is InChI=1S/C16H17BrN2O4/c1-15(2,3)23-14(22)19-8-16(7-18,9-19)12-6-10(17)4-5-11(12)13(20)21/h4-6H,8-9H2,1-3H3,(H,20,21). The largest absolute Gasteiger partial charge is 0.478 e. The summed E-state index contributed by atoms with van der Waals surface area (Å²) in [5, 5.41) is 18.9. The Morgan fingerprint density at radius 2 is 2.00 bits per heavy atom. The third kappa shape index (κ3) is 3.48. The van der Waals surface area contributed by atoms with Crippen molar-refractivity contribution >= 4 is 28.0 Å². The molecule has 1 fully saturated rings. The minimum absolute atomic E-state index is 0.0681. The minimum Gasteiger partial charge on any atom is -0.478 e. The molecule has 0 unspecified atom stereocenters. The number of carbonyl (C=O) groups is 2. The zero-order valence-corrected chi connectivity index (χ0v) is 14.7. The molecule has 2 rings (SSSR count). The first-order chi connectivity index (χ1) is 10.6. The lowest BCUT2D eigenvalue weighted by Gasteiger charge is -2.46. The van der Waals surface area contributed by atoms with Crippen LogP contribution >= 0.6 is 15.9 Å². The molecule has 0 aromatic heterocycles. The Morgan fingerprint density at radius 1 is 1.39 bits per heavy atom. The van der Waals surface area contributed by atoms with Crippen LogP contribution in [-0.4, -0.2) is 40.8 Å². The molecule has 1 amide bonds. The maximum atomic E-state index is 12.0. The van der Waals surface area contributed by atoms with Crippen LogP contribution in [0.5, 0.6) is 0 Å². The zero-order valence-electron chi connectivity index (χ0n) is 13.1. The lowest BCUT2D eigenvalue weighted by Crippen LogP contribution is -2.61. The Morgan fingerprint density at radius 3 is 2.48 bits per heavy atom. The number of rotatable bonds is 2. The van der Waals surface area contributed by atoms with E-state index in [4.69, 9.17) is 4.74 Å². The summed E-state index contributed by atoms with van der Waals surface area (Å²) < 4.78 is 5.95. The van der Waals surface area contributed by atoms with Gasteiger partial charge in [-0.2, -0.15) is 5.26 Å². The number of aromatic carboxylic acids is 1. The summed E-state index contributed by atoms with van der Waals surface area (Å²) in [5.74, 6) is -1.10. The van der Waals surface area contributed by atoms with E-state index in [1.807, 2.05) is 0 Å². The molecular formula is C16H17BrN2O4. The van der Waals surface area contributed by atoms with Gasteiger partial charge in [0.05, 0.1) is 11.6 Å². The summed E-state index contributed by atoms with van der Waals surface area (Å²) in [4.78, 5) is 24.8.